The normalized spacial score (nSPS) is 30.0. The van der Waals surface area contributed by atoms with E-state index >= 15 is 0 Å². The highest BCUT2D eigenvalue weighted by molar-refractivity contribution is 4.85. The molecule has 0 aromatic heterocycles. The molecule has 3 nitrogen and oxygen atoms in total. The second-order valence-electron chi connectivity index (χ2n) is 3.96. The van der Waals surface area contributed by atoms with Crippen molar-refractivity contribution < 1.29 is 0 Å². The zero-order chi connectivity index (χ0) is 8.97. The third-order valence-corrected chi connectivity index (χ3v) is 2.53. The van der Waals surface area contributed by atoms with Crippen LogP contribution in [0.25, 0.3) is 0 Å². The van der Waals surface area contributed by atoms with Gasteiger partial charge in [0.15, 0.2) is 0 Å². The first-order chi connectivity index (χ1) is 5.70. The minimum absolute atomic E-state index is 0.396. The van der Waals surface area contributed by atoms with Gasteiger partial charge in [0.25, 0.3) is 0 Å². The van der Waals surface area contributed by atoms with Crippen molar-refractivity contribution in [1.82, 2.24) is 10.2 Å². The van der Waals surface area contributed by atoms with Crippen LogP contribution in [0.1, 0.15) is 19.3 Å². The van der Waals surface area contributed by atoms with Gasteiger partial charge < -0.3 is 16.0 Å². The van der Waals surface area contributed by atoms with E-state index in [2.05, 4.69) is 24.3 Å². The molecule has 1 aliphatic rings. The third kappa shape index (κ3) is 3.09. The smallest absolute Gasteiger partial charge is 0.0219 e. The van der Waals surface area contributed by atoms with Crippen LogP contribution in [0.2, 0.25) is 0 Å². The Hall–Kier alpha value is -0.120. The van der Waals surface area contributed by atoms with Gasteiger partial charge in [-0.25, -0.2) is 0 Å². The zero-order valence-corrected chi connectivity index (χ0v) is 8.21. The van der Waals surface area contributed by atoms with Gasteiger partial charge in [-0.15, -0.1) is 0 Å². The van der Waals surface area contributed by atoms with E-state index < -0.39 is 0 Å². The summed E-state index contributed by atoms with van der Waals surface area (Å²) in [5.41, 5.74) is 5.92. The Labute approximate surface area is 75.3 Å². The second kappa shape index (κ2) is 4.80. The van der Waals surface area contributed by atoms with Crippen LogP contribution < -0.4 is 11.1 Å². The molecule has 0 spiro atoms. The first-order valence-electron chi connectivity index (χ1n) is 4.84. The number of hydrogen-bond acceptors (Lipinski definition) is 3. The maximum absolute atomic E-state index is 5.92. The molecule has 0 aromatic carbocycles. The Morgan fingerprint density at radius 1 is 1.42 bits per heavy atom. The Morgan fingerprint density at radius 2 is 2.17 bits per heavy atom. The SMILES string of the molecule is CN(C)CCN[C@H]1CCC[C@H]1N. The molecule has 0 saturated heterocycles. The van der Waals surface area contributed by atoms with Crippen molar-refractivity contribution >= 4 is 0 Å². The summed E-state index contributed by atoms with van der Waals surface area (Å²) in [5, 5.41) is 3.50. The molecule has 12 heavy (non-hydrogen) atoms. The number of nitrogens with zero attached hydrogens (tertiary/aromatic N) is 1. The molecule has 0 bridgehead atoms. The van der Waals surface area contributed by atoms with Gasteiger partial charge in [-0.2, -0.15) is 0 Å². The van der Waals surface area contributed by atoms with Crippen molar-refractivity contribution in [2.45, 2.75) is 31.3 Å². The molecular formula is C9H21N3. The van der Waals surface area contributed by atoms with Crippen LogP contribution in [-0.2, 0) is 0 Å². The Kier molecular flexibility index (Phi) is 3.98. The molecule has 0 unspecified atom stereocenters. The predicted octanol–water partition coefficient (Wildman–Crippen LogP) is 0.0174. The molecule has 72 valence electrons. The Bertz CT molecular complexity index is 125. The molecule has 1 aliphatic carbocycles. The highest BCUT2D eigenvalue weighted by Crippen LogP contribution is 2.16. The fraction of sp³-hybridized carbons (Fsp3) is 1.00. The quantitative estimate of drug-likeness (QED) is 0.626. The first kappa shape index (κ1) is 9.96. The van der Waals surface area contributed by atoms with E-state index in [9.17, 15) is 0 Å². The summed E-state index contributed by atoms with van der Waals surface area (Å²) in [7, 11) is 4.19. The van der Waals surface area contributed by atoms with Crippen LogP contribution in [-0.4, -0.2) is 44.2 Å². The van der Waals surface area contributed by atoms with Crippen LogP contribution in [0.5, 0.6) is 0 Å². The number of rotatable bonds is 4. The number of nitrogens with one attached hydrogen (secondary N) is 1. The molecule has 0 aromatic rings. The fourth-order valence-corrected chi connectivity index (χ4v) is 1.72. The Balaban J connectivity index is 2.06. The highest BCUT2D eigenvalue weighted by Gasteiger charge is 2.22. The van der Waals surface area contributed by atoms with E-state index in [0.29, 0.717) is 12.1 Å². The molecule has 1 rings (SSSR count). The van der Waals surface area contributed by atoms with Gasteiger partial charge >= 0.3 is 0 Å². The summed E-state index contributed by atoms with van der Waals surface area (Å²) in [6.45, 7) is 2.16. The van der Waals surface area contributed by atoms with E-state index in [4.69, 9.17) is 5.73 Å². The summed E-state index contributed by atoms with van der Waals surface area (Å²) < 4.78 is 0. The van der Waals surface area contributed by atoms with E-state index in [0.717, 1.165) is 13.1 Å². The van der Waals surface area contributed by atoms with Crippen LogP contribution in [0.15, 0.2) is 0 Å². The second-order valence-corrected chi connectivity index (χ2v) is 3.96. The van der Waals surface area contributed by atoms with E-state index in [1.807, 2.05) is 0 Å². The molecule has 1 fully saturated rings. The fourth-order valence-electron chi connectivity index (χ4n) is 1.72. The average molecular weight is 171 g/mol. The van der Waals surface area contributed by atoms with Gasteiger partial charge in [0.05, 0.1) is 0 Å². The molecule has 3 heteroatoms. The standard InChI is InChI=1S/C9H21N3/c1-12(2)7-6-11-9-5-3-4-8(9)10/h8-9,11H,3-7,10H2,1-2H3/t8-,9+/m1/s1. The molecule has 0 heterocycles. The van der Waals surface area contributed by atoms with Crippen molar-refractivity contribution in [1.29, 1.82) is 0 Å². The number of likely N-dealkylation sites (N-methyl/N-ethyl adjacent to an activating group) is 1. The summed E-state index contributed by atoms with van der Waals surface area (Å²) in [6.07, 6.45) is 3.75. The van der Waals surface area contributed by atoms with Crippen LogP contribution >= 0.6 is 0 Å². The Morgan fingerprint density at radius 3 is 2.67 bits per heavy atom. The molecule has 0 aliphatic heterocycles. The maximum Gasteiger partial charge on any atom is 0.0219 e. The van der Waals surface area contributed by atoms with E-state index in [1.165, 1.54) is 19.3 Å². The highest BCUT2D eigenvalue weighted by atomic mass is 15.1. The zero-order valence-electron chi connectivity index (χ0n) is 8.21. The van der Waals surface area contributed by atoms with Gasteiger partial charge in [-0.05, 0) is 26.9 Å². The van der Waals surface area contributed by atoms with E-state index in [-0.39, 0.29) is 0 Å². The van der Waals surface area contributed by atoms with Crippen LogP contribution in [0, 0.1) is 0 Å². The molecule has 3 N–H and O–H groups in total. The van der Waals surface area contributed by atoms with Crippen molar-refractivity contribution in [3.05, 3.63) is 0 Å². The number of nitrogens with two attached hydrogens (primary N) is 1. The van der Waals surface area contributed by atoms with Gasteiger partial charge in [0.2, 0.25) is 0 Å². The summed E-state index contributed by atoms with van der Waals surface area (Å²) in [5.74, 6) is 0. The minimum Gasteiger partial charge on any atom is -0.326 e. The first-order valence-corrected chi connectivity index (χ1v) is 4.84. The molecule has 2 atom stereocenters. The van der Waals surface area contributed by atoms with Gasteiger partial charge in [0.1, 0.15) is 0 Å². The summed E-state index contributed by atoms with van der Waals surface area (Å²) in [4.78, 5) is 2.19. The van der Waals surface area contributed by atoms with Crippen molar-refractivity contribution in [2.24, 2.45) is 5.73 Å². The molecule has 0 amide bonds. The minimum atomic E-state index is 0.396. The van der Waals surface area contributed by atoms with E-state index in [1.54, 1.807) is 0 Å². The topological polar surface area (TPSA) is 41.3 Å². The van der Waals surface area contributed by atoms with Crippen molar-refractivity contribution in [3.8, 4) is 0 Å². The lowest BCUT2D eigenvalue weighted by atomic mass is 10.2. The lowest BCUT2D eigenvalue weighted by molar-refractivity contribution is 0.375. The largest absolute Gasteiger partial charge is 0.326 e. The van der Waals surface area contributed by atoms with Gasteiger partial charge in [-0.3, -0.25) is 0 Å². The predicted molar refractivity (Wildman–Crippen MR) is 52.2 cm³/mol. The number of hydrogen-bond donors (Lipinski definition) is 2. The monoisotopic (exact) mass is 171 g/mol. The summed E-state index contributed by atoms with van der Waals surface area (Å²) in [6, 6.07) is 0.970. The lowest BCUT2D eigenvalue weighted by Crippen LogP contribution is -2.43. The molecule has 0 radical (unpaired) electrons. The average Bonchev–Trinajstić information content (AvgIpc) is 2.36. The maximum atomic E-state index is 5.92. The van der Waals surface area contributed by atoms with Crippen molar-refractivity contribution in [2.75, 3.05) is 27.2 Å². The van der Waals surface area contributed by atoms with Crippen molar-refractivity contribution in [3.63, 3.8) is 0 Å². The van der Waals surface area contributed by atoms with Gasteiger partial charge in [-0.1, -0.05) is 6.42 Å². The molecular weight excluding hydrogens is 150 g/mol. The lowest BCUT2D eigenvalue weighted by Gasteiger charge is -2.18. The van der Waals surface area contributed by atoms with Crippen LogP contribution in [0.3, 0.4) is 0 Å². The third-order valence-electron chi connectivity index (χ3n) is 2.53. The van der Waals surface area contributed by atoms with Gasteiger partial charge in [0, 0.05) is 25.2 Å². The molecule has 1 saturated carbocycles. The summed E-state index contributed by atoms with van der Waals surface area (Å²) >= 11 is 0. The van der Waals surface area contributed by atoms with Crippen LogP contribution in [0.4, 0.5) is 0 Å².